The SMILES string of the molecule is CCCCCCCCCCCC/C=C/CC/C=C/CC/C=C/C(O)C(CS(=O)(=O)O)NC(=O)C(O)CCCCCCCCCCC. The lowest BCUT2D eigenvalue weighted by atomic mass is 10.0. The van der Waals surface area contributed by atoms with Crippen LogP contribution in [0, 0.1) is 0 Å². The molecule has 270 valence electrons. The number of nitrogens with one attached hydrogen (secondary N) is 1. The zero-order valence-corrected chi connectivity index (χ0v) is 30.4. The van der Waals surface area contributed by atoms with Gasteiger partial charge in [-0.15, -0.1) is 0 Å². The van der Waals surface area contributed by atoms with Crippen molar-refractivity contribution in [3.63, 3.8) is 0 Å². The van der Waals surface area contributed by atoms with E-state index in [1.165, 1.54) is 102 Å². The second kappa shape index (κ2) is 32.1. The number of aliphatic hydroxyl groups is 2. The molecule has 0 aliphatic carbocycles. The first kappa shape index (κ1) is 44.5. The molecule has 7 nitrogen and oxygen atoms in total. The van der Waals surface area contributed by atoms with Crippen LogP contribution >= 0.6 is 0 Å². The highest BCUT2D eigenvalue weighted by atomic mass is 32.2. The first-order valence-electron chi connectivity index (χ1n) is 18.8. The number of rotatable bonds is 33. The number of hydrogen-bond donors (Lipinski definition) is 4. The van der Waals surface area contributed by atoms with Crippen LogP contribution in [0.2, 0.25) is 0 Å². The van der Waals surface area contributed by atoms with Crippen molar-refractivity contribution < 1.29 is 28.0 Å². The zero-order valence-electron chi connectivity index (χ0n) is 29.6. The summed E-state index contributed by atoms with van der Waals surface area (Å²) in [6.45, 7) is 4.46. The van der Waals surface area contributed by atoms with Gasteiger partial charge in [-0.25, -0.2) is 0 Å². The molecule has 0 aliphatic heterocycles. The van der Waals surface area contributed by atoms with Gasteiger partial charge in [-0.2, -0.15) is 8.42 Å². The van der Waals surface area contributed by atoms with Gasteiger partial charge in [0.15, 0.2) is 0 Å². The Morgan fingerprint density at radius 3 is 1.43 bits per heavy atom. The molecule has 4 N–H and O–H groups in total. The van der Waals surface area contributed by atoms with Crippen molar-refractivity contribution in [2.75, 3.05) is 5.75 Å². The van der Waals surface area contributed by atoms with E-state index in [4.69, 9.17) is 0 Å². The fourth-order valence-corrected chi connectivity index (χ4v) is 6.22. The number of carbonyl (C=O) groups excluding carboxylic acids is 1. The maximum absolute atomic E-state index is 12.5. The molecular formula is C38H71NO6S. The first-order valence-corrected chi connectivity index (χ1v) is 20.4. The number of aliphatic hydroxyl groups excluding tert-OH is 2. The molecule has 0 saturated heterocycles. The van der Waals surface area contributed by atoms with Crippen molar-refractivity contribution in [2.45, 2.75) is 193 Å². The number of allylic oxidation sites excluding steroid dienone is 5. The summed E-state index contributed by atoms with van der Waals surface area (Å²) in [6, 6.07) is -1.25. The van der Waals surface area contributed by atoms with Gasteiger partial charge in [0.1, 0.15) is 6.10 Å². The average Bonchev–Trinajstić information content (AvgIpc) is 3.01. The van der Waals surface area contributed by atoms with Crippen molar-refractivity contribution in [3.8, 4) is 0 Å². The van der Waals surface area contributed by atoms with Crippen molar-refractivity contribution >= 4 is 16.0 Å². The first-order chi connectivity index (χ1) is 22.2. The number of amides is 1. The third kappa shape index (κ3) is 31.1. The number of carbonyl (C=O) groups is 1. The van der Waals surface area contributed by atoms with Gasteiger partial charge in [0.05, 0.1) is 17.9 Å². The molecule has 3 unspecified atom stereocenters. The molecule has 0 aromatic carbocycles. The highest BCUT2D eigenvalue weighted by Gasteiger charge is 2.27. The Bertz CT molecular complexity index is 886. The third-order valence-electron chi connectivity index (χ3n) is 8.40. The van der Waals surface area contributed by atoms with E-state index < -0.39 is 40.0 Å². The van der Waals surface area contributed by atoms with Crippen molar-refractivity contribution in [1.82, 2.24) is 5.32 Å². The lowest BCUT2D eigenvalue weighted by Gasteiger charge is -2.22. The second-order valence-electron chi connectivity index (χ2n) is 13.0. The molecule has 8 heteroatoms. The smallest absolute Gasteiger partial charge is 0.267 e. The molecule has 0 fully saturated rings. The maximum atomic E-state index is 12.5. The van der Waals surface area contributed by atoms with E-state index in [1.807, 2.05) is 0 Å². The molecule has 3 atom stereocenters. The van der Waals surface area contributed by atoms with E-state index in [-0.39, 0.29) is 6.42 Å². The van der Waals surface area contributed by atoms with E-state index in [1.54, 1.807) is 6.08 Å². The van der Waals surface area contributed by atoms with Gasteiger partial charge in [0, 0.05) is 0 Å². The van der Waals surface area contributed by atoms with E-state index in [2.05, 4.69) is 43.5 Å². The van der Waals surface area contributed by atoms with Crippen LogP contribution in [0.25, 0.3) is 0 Å². The Hall–Kier alpha value is -1.48. The minimum atomic E-state index is -4.45. The molecule has 0 spiro atoms. The van der Waals surface area contributed by atoms with Crippen LogP contribution in [0.3, 0.4) is 0 Å². The summed E-state index contributed by atoms with van der Waals surface area (Å²) < 4.78 is 32.3. The van der Waals surface area contributed by atoms with Gasteiger partial charge in [0.25, 0.3) is 10.1 Å². The molecule has 0 aliphatic rings. The normalized spacial score (nSPS) is 14.5. The van der Waals surface area contributed by atoms with E-state index in [0.717, 1.165) is 44.9 Å². The third-order valence-corrected chi connectivity index (χ3v) is 9.19. The van der Waals surface area contributed by atoms with Gasteiger partial charge in [-0.3, -0.25) is 9.35 Å². The molecule has 1 amide bonds. The molecule has 0 aromatic heterocycles. The van der Waals surface area contributed by atoms with Crippen LogP contribution < -0.4 is 5.32 Å². The van der Waals surface area contributed by atoms with Crippen molar-refractivity contribution in [1.29, 1.82) is 0 Å². The molecule has 0 heterocycles. The summed E-state index contributed by atoms with van der Waals surface area (Å²) in [5.41, 5.74) is 0. The summed E-state index contributed by atoms with van der Waals surface area (Å²) in [5, 5.41) is 23.2. The summed E-state index contributed by atoms with van der Waals surface area (Å²) in [5.74, 6) is -1.57. The van der Waals surface area contributed by atoms with Gasteiger partial charge in [-0.1, -0.05) is 166 Å². The van der Waals surface area contributed by atoms with Crippen LogP contribution in [0.5, 0.6) is 0 Å². The minimum absolute atomic E-state index is 0.272. The highest BCUT2D eigenvalue weighted by Crippen LogP contribution is 2.13. The predicted molar refractivity (Wildman–Crippen MR) is 195 cm³/mol. The Morgan fingerprint density at radius 1 is 0.587 bits per heavy atom. The summed E-state index contributed by atoms with van der Waals surface area (Å²) in [6.07, 6.45) is 37.9. The highest BCUT2D eigenvalue weighted by molar-refractivity contribution is 7.85. The van der Waals surface area contributed by atoms with Gasteiger partial charge < -0.3 is 15.5 Å². The average molecular weight is 670 g/mol. The van der Waals surface area contributed by atoms with Crippen LogP contribution in [0.15, 0.2) is 36.5 Å². The van der Waals surface area contributed by atoms with Gasteiger partial charge in [0.2, 0.25) is 5.91 Å². The zero-order chi connectivity index (χ0) is 34.1. The number of unbranched alkanes of at least 4 members (excludes halogenated alkanes) is 20. The standard InChI is InChI=1S/C38H71NO6S/c1-3-5-7-9-11-13-14-15-16-17-18-19-20-21-22-23-25-26-28-30-32-36(40)35(34-46(43,44)45)39-38(42)37(41)33-31-29-27-24-12-10-8-6-4-2/h19-20,23,25,30,32,35-37,40-41H,3-18,21-22,24,26-29,31,33-34H2,1-2H3,(H,39,42)(H,43,44,45)/b20-19+,25-23+,32-30+. The quantitative estimate of drug-likeness (QED) is 0.0313. The molecule has 0 aromatic rings. The van der Waals surface area contributed by atoms with E-state index in [9.17, 15) is 28.0 Å². The Balaban J connectivity index is 4.14. The second-order valence-corrected chi connectivity index (χ2v) is 14.5. The van der Waals surface area contributed by atoms with Crippen molar-refractivity contribution in [3.05, 3.63) is 36.5 Å². The topological polar surface area (TPSA) is 124 Å². The molecular weight excluding hydrogens is 598 g/mol. The molecule has 0 radical (unpaired) electrons. The maximum Gasteiger partial charge on any atom is 0.267 e. The van der Waals surface area contributed by atoms with Gasteiger partial charge >= 0.3 is 0 Å². The summed E-state index contributed by atoms with van der Waals surface area (Å²) in [4.78, 5) is 12.5. The number of hydrogen-bond acceptors (Lipinski definition) is 5. The lowest BCUT2D eigenvalue weighted by Crippen LogP contribution is -2.50. The minimum Gasteiger partial charge on any atom is -0.387 e. The van der Waals surface area contributed by atoms with Gasteiger partial charge in [-0.05, 0) is 44.9 Å². The largest absolute Gasteiger partial charge is 0.387 e. The molecule has 46 heavy (non-hydrogen) atoms. The predicted octanol–water partition coefficient (Wildman–Crippen LogP) is 9.54. The summed E-state index contributed by atoms with van der Waals surface area (Å²) in [7, 11) is -4.45. The lowest BCUT2D eigenvalue weighted by molar-refractivity contribution is -0.130. The molecule has 0 rings (SSSR count). The van der Waals surface area contributed by atoms with Crippen LogP contribution in [-0.4, -0.2) is 53.1 Å². The monoisotopic (exact) mass is 670 g/mol. The fraction of sp³-hybridized carbons (Fsp3) is 0.816. The van der Waals surface area contributed by atoms with Crippen LogP contribution in [0.1, 0.15) is 174 Å². The fourth-order valence-electron chi connectivity index (χ4n) is 5.49. The Labute approximate surface area is 283 Å². The van der Waals surface area contributed by atoms with E-state index >= 15 is 0 Å². The van der Waals surface area contributed by atoms with Crippen LogP contribution in [-0.2, 0) is 14.9 Å². The summed E-state index contributed by atoms with van der Waals surface area (Å²) >= 11 is 0. The van der Waals surface area contributed by atoms with Crippen molar-refractivity contribution in [2.24, 2.45) is 0 Å². The van der Waals surface area contributed by atoms with E-state index in [0.29, 0.717) is 12.8 Å². The Morgan fingerprint density at radius 2 is 0.978 bits per heavy atom. The van der Waals surface area contributed by atoms with Crippen LogP contribution in [0.4, 0.5) is 0 Å². The Kier molecular flexibility index (Phi) is 31.1. The molecule has 0 saturated carbocycles. The molecule has 0 bridgehead atoms.